The summed E-state index contributed by atoms with van der Waals surface area (Å²) in [7, 11) is 0. The van der Waals surface area contributed by atoms with Crippen molar-refractivity contribution in [3.63, 3.8) is 0 Å². The third-order valence-electron chi connectivity index (χ3n) is 4.67. The molecule has 2 aromatic rings. The number of hydrogen-bond acceptors (Lipinski definition) is 3. The van der Waals surface area contributed by atoms with E-state index in [2.05, 4.69) is 4.74 Å². The largest absolute Gasteiger partial charge is 0.432 e. The van der Waals surface area contributed by atoms with Crippen molar-refractivity contribution >= 4 is 0 Å². The fraction of sp³-hybridized carbons (Fsp3) is 0.400. The maximum absolute atomic E-state index is 14.4. The molecule has 29 heavy (non-hydrogen) atoms. The standard InChI is InChI=1S/C20H18F6O3/c1-3-11-8-27-19(28-9-11)12-4-16(23)18(17(24)5-12)20(25,26)29-13-6-14(21)10(2)15(22)7-13/h4-7,11,19H,3,8-9H2,1-2H3. The lowest BCUT2D eigenvalue weighted by molar-refractivity contribution is -0.206. The third-order valence-corrected chi connectivity index (χ3v) is 4.67. The molecule has 1 aliphatic heterocycles. The average Bonchev–Trinajstić information content (AvgIpc) is 2.65. The van der Waals surface area contributed by atoms with Gasteiger partial charge in [0.1, 0.15) is 34.6 Å². The summed E-state index contributed by atoms with van der Waals surface area (Å²) in [5, 5.41) is 0. The van der Waals surface area contributed by atoms with Crippen LogP contribution in [-0.2, 0) is 15.6 Å². The molecule has 0 bridgehead atoms. The summed E-state index contributed by atoms with van der Waals surface area (Å²) in [5.74, 6) is -6.27. The summed E-state index contributed by atoms with van der Waals surface area (Å²) in [6, 6.07) is 2.32. The second kappa shape index (κ2) is 8.23. The number of halogens is 6. The van der Waals surface area contributed by atoms with Gasteiger partial charge in [-0.1, -0.05) is 6.92 Å². The van der Waals surface area contributed by atoms with Gasteiger partial charge in [0.15, 0.2) is 6.29 Å². The molecule has 0 aromatic heterocycles. The van der Waals surface area contributed by atoms with Gasteiger partial charge in [0.2, 0.25) is 0 Å². The quantitative estimate of drug-likeness (QED) is 0.577. The molecule has 0 atom stereocenters. The molecular weight excluding hydrogens is 402 g/mol. The van der Waals surface area contributed by atoms with Crippen molar-refractivity contribution in [2.75, 3.05) is 13.2 Å². The van der Waals surface area contributed by atoms with Gasteiger partial charge in [-0.05, 0) is 25.5 Å². The summed E-state index contributed by atoms with van der Waals surface area (Å²) in [5.41, 5.74) is -2.20. The Morgan fingerprint density at radius 2 is 1.45 bits per heavy atom. The smallest absolute Gasteiger partial charge is 0.429 e. The molecule has 0 N–H and O–H groups in total. The lowest BCUT2D eigenvalue weighted by atomic mass is 10.1. The van der Waals surface area contributed by atoms with Gasteiger partial charge in [0.05, 0.1) is 13.2 Å². The first-order valence-electron chi connectivity index (χ1n) is 8.87. The van der Waals surface area contributed by atoms with Crippen LogP contribution in [0.1, 0.15) is 36.3 Å². The van der Waals surface area contributed by atoms with Gasteiger partial charge >= 0.3 is 6.11 Å². The van der Waals surface area contributed by atoms with Crippen molar-refractivity contribution in [2.24, 2.45) is 5.92 Å². The molecular formula is C20H18F6O3. The summed E-state index contributed by atoms with van der Waals surface area (Å²) in [6.45, 7) is 3.63. The van der Waals surface area contributed by atoms with Gasteiger partial charge in [-0.3, -0.25) is 0 Å². The number of ether oxygens (including phenoxy) is 3. The van der Waals surface area contributed by atoms with E-state index in [0.29, 0.717) is 37.5 Å². The van der Waals surface area contributed by atoms with Crippen LogP contribution >= 0.6 is 0 Å². The minimum absolute atomic E-state index is 0.110. The van der Waals surface area contributed by atoms with E-state index in [1.807, 2.05) is 6.92 Å². The normalized spacial score (nSPS) is 20.0. The van der Waals surface area contributed by atoms with E-state index in [9.17, 15) is 26.3 Å². The summed E-state index contributed by atoms with van der Waals surface area (Å²) in [6.07, 6.45) is -4.83. The van der Waals surface area contributed by atoms with Crippen LogP contribution in [0.2, 0.25) is 0 Å². The molecule has 1 heterocycles. The van der Waals surface area contributed by atoms with E-state index in [0.717, 1.165) is 13.3 Å². The zero-order valence-corrected chi connectivity index (χ0v) is 15.6. The Balaban J connectivity index is 1.86. The molecule has 1 fully saturated rings. The van der Waals surface area contributed by atoms with Gasteiger partial charge in [-0.15, -0.1) is 0 Å². The van der Waals surface area contributed by atoms with Gasteiger partial charge in [0, 0.05) is 29.2 Å². The van der Waals surface area contributed by atoms with Crippen molar-refractivity contribution in [2.45, 2.75) is 32.7 Å². The highest BCUT2D eigenvalue weighted by molar-refractivity contribution is 5.33. The molecule has 0 radical (unpaired) electrons. The minimum Gasteiger partial charge on any atom is -0.429 e. The molecule has 0 saturated carbocycles. The fourth-order valence-corrected chi connectivity index (χ4v) is 2.86. The van der Waals surface area contributed by atoms with Crippen LogP contribution in [0.15, 0.2) is 24.3 Å². The molecule has 3 nitrogen and oxygen atoms in total. The zero-order valence-electron chi connectivity index (χ0n) is 15.6. The SMILES string of the molecule is CCC1COC(c2cc(F)c(C(F)(F)Oc3cc(F)c(C)c(F)c3)c(F)c2)OC1. The highest BCUT2D eigenvalue weighted by Crippen LogP contribution is 2.38. The van der Waals surface area contributed by atoms with Crippen LogP contribution in [0.25, 0.3) is 0 Å². The topological polar surface area (TPSA) is 27.7 Å². The van der Waals surface area contributed by atoms with Gasteiger partial charge in [-0.25, -0.2) is 17.6 Å². The molecule has 3 rings (SSSR count). The van der Waals surface area contributed by atoms with Crippen LogP contribution in [0.4, 0.5) is 26.3 Å². The second-order valence-electron chi connectivity index (χ2n) is 6.76. The van der Waals surface area contributed by atoms with Crippen LogP contribution in [0, 0.1) is 36.1 Å². The Morgan fingerprint density at radius 3 is 1.93 bits per heavy atom. The molecule has 0 unspecified atom stereocenters. The number of benzene rings is 2. The lowest BCUT2D eigenvalue weighted by Gasteiger charge is -2.29. The Kier molecular flexibility index (Phi) is 6.09. The van der Waals surface area contributed by atoms with Crippen LogP contribution < -0.4 is 4.74 Å². The first-order valence-corrected chi connectivity index (χ1v) is 8.87. The monoisotopic (exact) mass is 420 g/mol. The van der Waals surface area contributed by atoms with E-state index in [-0.39, 0.29) is 11.5 Å². The van der Waals surface area contributed by atoms with E-state index in [1.165, 1.54) is 0 Å². The Morgan fingerprint density at radius 1 is 0.931 bits per heavy atom. The molecule has 1 aliphatic rings. The third kappa shape index (κ3) is 4.51. The summed E-state index contributed by atoms with van der Waals surface area (Å²) in [4.78, 5) is 0. The van der Waals surface area contributed by atoms with E-state index >= 15 is 0 Å². The highest BCUT2D eigenvalue weighted by Gasteiger charge is 2.42. The van der Waals surface area contributed by atoms with Crippen molar-refractivity contribution in [3.8, 4) is 5.75 Å². The molecule has 158 valence electrons. The van der Waals surface area contributed by atoms with Crippen molar-refractivity contribution in [3.05, 3.63) is 64.2 Å². The van der Waals surface area contributed by atoms with Crippen LogP contribution in [-0.4, -0.2) is 13.2 Å². The van der Waals surface area contributed by atoms with Gasteiger partial charge in [-0.2, -0.15) is 8.78 Å². The maximum atomic E-state index is 14.4. The second-order valence-corrected chi connectivity index (χ2v) is 6.76. The van der Waals surface area contributed by atoms with Crippen molar-refractivity contribution in [1.29, 1.82) is 0 Å². The number of hydrogen-bond donors (Lipinski definition) is 0. The van der Waals surface area contributed by atoms with E-state index < -0.39 is 52.5 Å². The molecule has 1 saturated heterocycles. The van der Waals surface area contributed by atoms with E-state index in [4.69, 9.17) is 9.47 Å². The Hall–Kier alpha value is -2.26. The number of alkyl halides is 2. The predicted octanol–water partition coefficient (Wildman–Crippen LogP) is 5.75. The maximum Gasteiger partial charge on any atom is 0.432 e. The Bertz CT molecular complexity index is 848. The molecule has 2 aromatic carbocycles. The van der Waals surface area contributed by atoms with Crippen LogP contribution in [0.3, 0.4) is 0 Å². The molecule has 0 aliphatic carbocycles. The van der Waals surface area contributed by atoms with Crippen LogP contribution in [0.5, 0.6) is 5.75 Å². The Labute approximate surface area is 163 Å². The molecule has 9 heteroatoms. The molecule has 0 amide bonds. The van der Waals surface area contributed by atoms with E-state index in [1.54, 1.807) is 0 Å². The predicted molar refractivity (Wildman–Crippen MR) is 90.4 cm³/mol. The zero-order chi connectivity index (χ0) is 21.3. The van der Waals surface area contributed by atoms with Gasteiger partial charge < -0.3 is 14.2 Å². The van der Waals surface area contributed by atoms with Crippen molar-refractivity contribution < 1.29 is 40.6 Å². The average molecular weight is 420 g/mol. The fourth-order valence-electron chi connectivity index (χ4n) is 2.86. The highest BCUT2D eigenvalue weighted by atomic mass is 19.3. The molecule has 0 spiro atoms. The first kappa shape index (κ1) is 21.4. The summed E-state index contributed by atoms with van der Waals surface area (Å²) < 4.78 is 99.6. The lowest BCUT2D eigenvalue weighted by Crippen LogP contribution is -2.28. The first-order chi connectivity index (χ1) is 13.6. The summed E-state index contributed by atoms with van der Waals surface area (Å²) >= 11 is 0. The number of rotatable bonds is 5. The minimum atomic E-state index is -4.53. The van der Waals surface area contributed by atoms with Crippen molar-refractivity contribution in [1.82, 2.24) is 0 Å². The van der Waals surface area contributed by atoms with Gasteiger partial charge in [0.25, 0.3) is 0 Å².